The molecule has 184 valence electrons. The van der Waals surface area contributed by atoms with Crippen molar-refractivity contribution in [3.05, 3.63) is 75.1 Å². The SMILES string of the molecule is [C-]#[N+]c1cc(-n2c3nc(Nc4ccc5c(c4)CCNC5)ncc3c(=O)n2C(C)C)nc(C(C)(C)C)c1. The van der Waals surface area contributed by atoms with Gasteiger partial charge in [0.05, 0.1) is 6.57 Å². The van der Waals surface area contributed by atoms with E-state index >= 15 is 0 Å². The molecule has 0 fully saturated rings. The number of anilines is 2. The van der Waals surface area contributed by atoms with Crippen molar-refractivity contribution in [3.8, 4) is 5.82 Å². The van der Waals surface area contributed by atoms with E-state index in [1.807, 2.05) is 19.9 Å². The molecule has 5 rings (SSSR count). The molecule has 2 N–H and O–H groups in total. The summed E-state index contributed by atoms with van der Waals surface area (Å²) in [5, 5.41) is 7.09. The third kappa shape index (κ3) is 4.25. The van der Waals surface area contributed by atoms with Crippen LogP contribution in [0.4, 0.5) is 17.3 Å². The summed E-state index contributed by atoms with van der Waals surface area (Å²) in [5.74, 6) is 0.878. The van der Waals surface area contributed by atoms with E-state index in [1.165, 1.54) is 11.1 Å². The van der Waals surface area contributed by atoms with Gasteiger partial charge in [-0.05, 0) is 62.2 Å². The van der Waals surface area contributed by atoms with Gasteiger partial charge in [0.2, 0.25) is 5.95 Å². The predicted octanol–water partition coefficient (Wildman–Crippen LogP) is 4.80. The second-order valence-electron chi connectivity index (χ2n) is 10.5. The van der Waals surface area contributed by atoms with Crippen LogP contribution in [0.25, 0.3) is 21.7 Å². The monoisotopic (exact) mass is 482 g/mol. The van der Waals surface area contributed by atoms with Gasteiger partial charge in [-0.3, -0.25) is 4.79 Å². The number of fused-ring (bicyclic) bond motifs is 2. The smallest absolute Gasteiger partial charge is 0.278 e. The van der Waals surface area contributed by atoms with Crippen molar-refractivity contribution in [3.63, 3.8) is 0 Å². The van der Waals surface area contributed by atoms with Crippen molar-refractivity contribution in [1.29, 1.82) is 0 Å². The number of nitrogens with zero attached hydrogens (tertiary/aromatic N) is 6. The van der Waals surface area contributed by atoms with Crippen molar-refractivity contribution >= 4 is 28.4 Å². The van der Waals surface area contributed by atoms with Crippen LogP contribution in [0.15, 0.2) is 41.3 Å². The van der Waals surface area contributed by atoms with Gasteiger partial charge in [0.1, 0.15) is 11.2 Å². The highest BCUT2D eigenvalue weighted by Gasteiger charge is 2.23. The van der Waals surface area contributed by atoms with Gasteiger partial charge in [0, 0.05) is 35.6 Å². The minimum absolute atomic E-state index is 0.158. The van der Waals surface area contributed by atoms with Crippen LogP contribution in [0.1, 0.15) is 57.5 Å². The van der Waals surface area contributed by atoms with Crippen LogP contribution in [0.3, 0.4) is 0 Å². The molecule has 9 heteroatoms. The molecule has 0 amide bonds. The quantitative estimate of drug-likeness (QED) is 0.406. The van der Waals surface area contributed by atoms with Gasteiger partial charge in [-0.1, -0.05) is 26.8 Å². The van der Waals surface area contributed by atoms with Gasteiger partial charge in [-0.25, -0.2) is 24.2 Å². The Morgan fingerprint density at radius 3 is 2.67 bits per heavy atom. The molecule has 1 aromatic carbocycles. The molecule has 9 nitrogen and oxygen atoms in total. The minimum Gasteiger partial charge on any atom is -0.324 e. The third-order valence-corrected chi connectivity index (χ3v) is 6.37. The summed E-state index contributed by atoms with van der Waals surface area (Å²) in [5.41, 5.74) is 4.71. The van der Waals surface area contributed by atoms with Crippen molar-refractivity contribution in [1.82, 2.24) is 29.6 Å². The first-order valence-corrected chi connectivity index (χ1v) is 12.2. The van der Waals surface area contributed by atoms with Gasteiger partial charge in [-0.2, -0.15) is 4.98 Å². The number of hydrogen-bond acceptors (Lipinski definition) is 6. The zero-order valence-corrected chi connectivity index (χ0v) is 21.3. The van der Waals surface area contributed by atoms with Crippen molar-refractivity contribution < 1.29 is 0 Å². The fourth-order valence-electron chi connectivity index (χ4n) is 4.49. The number of pyridine rings is 1. The molecular formula is C27H30N8O. The first kappa shape index (κ1) is 23.7. The molecule has 1 aliphatic heterocycles. The first-order chi connectivity index (χ1) is 17.2. The van der Waals surface area contributed by atoms with Crippen LogP contribution >= 0.6 is 0 Å². The number of aromatic nitrogens is 5. The first-order valence-electron chi connectivity index (χ1n) is 12.2. The summed E-state index contributed by atoms with van der Waals surface area (Å²) in [6.07, 6.45) is 2.54. The number of benzene rings is 1. The molecule has 0 aliphatic carbocycles. The summed E-state index contributed by atoms with van der Waals surface area (Å²) in [4.78, 5) is 31.1. The highest BCUT2D eigenvalue weighted by atomic mass is 16.1. The molecule has 4 aromatic rings. The molecule has 0 unspecified atom stereocenters. The van der Waals surface area contributed by atoms with E-state index in [4.69, 9.17) is 16.5 Å². The lowest BCUT2D eigenvalue weighted by molar-refractivity contribution is 0.469. The summed E-state index contributed by atoms with van der Waals surface area (Å²) < 4.78 is 3.34. The zero-order valence-electron chi connectivity index (χ0n) is 21.3. The lowest BCUT2D eigenvalue weighted by atomic mass is 9.91. The fraction of sp³-hybridized carbons (Fsp3) is 0.370. The number of rotatable bonds is 4. The maximum Gasteiger partial charge on any atom is 0.278 e. The van der Waals surface area contributed by atoms with Gasteiger partial charge in [0.15, 0.2) is 11.3 Å². The molecule has 36 heavy (non-hydrogen) atoms. The lowest BCUT2D eigenvalue weighted by Gasteiger charge is -2.21. The van der Waals surface area contributed by atoms with E-state index in [2.05, 4.69) is 53.4 Å². The predicted molar refractivity (Wildman–Crippen MR) is 141 cm³/mol. The van der Waals surface area contributed by atoms with Gasteiger partial charge in [0.25, 0.3) is 5.56 Å². The molecular weight excluding hydrogens is 452 g/mol. The Kier molecular flexibility index (Phi) is 5.85. The van der Waals surface area contributed by atoms with Crippen LogP contribution in [0, 0.1) is 6.57 Å². The molecule has 1 aliphatic rings. The molecule has 0 spiro atoms. The third-order valence-electron chi connectivity index (χ3n) is 6.37. The van der Waals surface area contributed by atoms with E-state index in [0.29, 0.717) is 28.5 Å². The van der Waals surface area contributed by atoms with Crippen LogP contribution in [0.5, 0.6) is 0 Å². The maximum absolute atomic E-state index is 13.4. The average molecular weight is 483 g/mol. The number of nitrogens with one attached hydrogen (secondary N) is 2. The van der Waals surface area contributed by atoms with E-state index in [0.717, 1.165) is 30.9 Å². The van der Waals surface area contributed by atoms with E-state index < -0.39 is 0 Å². The Hall–Kier alpha value is -4.03. The molecule has 0 saturated carbocycles. The van der Waals surface area contributed by atoms with Crippen LogP contribution in [0.2, 0.25) is 0 Å². The van der Waals surface area contributed by atoms with Gasteiger partial charge < -0.3 is 10.6 Å². The standard InChI is InChI=1S/C27H30N8O/c1-16(2)34-25(36)21-15-30-26(31-19-8-7-18-14-29-10-9-17(18)11-19)33-24(21)35(34)23-13-20(28-6)12-22(32-23)27(3,4)5/h7-8,11-13,15-16,29H,9-10,14H2,1-5H3,(H,30,31,33). The zero-order chi connectivity index (χ0) is 25.6. The molecule has 3 aromatic heterocycles. The summed E-state index contributed by atoms with van der Waals surface area (Å²) in [6, 6.07) is 9.60. The highest BCUT2D eigenvalue weighted by molar-refractivity contribution is 5.77. The minimum atomic E-state index is -0.273. The highest BCUT2D eigenvalue weighted by Crippen LogP contribution is 2.29. The Balaban J connectivity index is 1.67. The molecule has 0 radical (unpaired) electrons. The Morgan fingerprint density at radius 2 is 1.94 bits per heavy atom. The second kappa shape index (κ2) is 8.88. The number of hydrogen-bond donors (Lipinski definition) is 2. The van der Waals surface area contributed by atoms with Crippen LogP contribution < -0.4 is 16.2 Å². The van der Waals surface area contributed by atoms with E-state index in [1.54, 1.807) is 27.7 Å². The summed E-state index contributed by atoms with van der Waals surface area (Å²) in [6.45, 7) is 19.5. The molecule has 0 saturated heterocycles. The second-order valence-corrected chi connectivity index (χ2v) is 10.5. The maximum atomic E-state index is 13.4. The molecule has 4 heterocycles. The fourth-order valence-corrected chi connectivity index (χ4v) is 4.49. The average Bonchev–Trinajstić information content (AvgIpc) is 3.15. The van der Waals surface area contributed by atoms with Crippen LogP contribution in [-0.2, 0) is 18.4 Å². The van der Waals surface area contributed by atoms with Crippen molar-refractivity contribution in [2.24, 2.45) is 0 Å². The Morgan fingerprint density at radius 1 is 1.14 bits per heavy atom. The normalized spacial score (nSPS) is 13.6. The lowest BCUT2D eigenvalue weighted by Crippen LogP contribution is -2.25. The van der Waals surface area contributed by atoms with Crippen molar-refractivity contribution in [2.75, 3.05) is 11.9 Å². The van der Waals surface area contributed by atoms with Gasteiger partial charge in [-0.15, -0.1) is 0 Å². The molecule has 0 atom stereocenters. The Bertz CT molecular complexity index is 1570. The molecule has 0 bridgehead atoms. The van der Waals surface area contributed by atoms with Crippen LogP contribution in [-0.4, -0.2) is 30.9 Å². The summed E-state index contributed by atoms with van der Waals surface area (Å²) >= 11 is 0. The van der Waals surface area contributed by atoms with Crippen molar-refractivity contribution in [2.45, 2.75) is 59.0 Å². The summed E-state index contributed by atoms with van der Waals surface area (Å²) in [7, 11) is 0. The van der Waals surface area contributed by atoms with Gasteiger partial charge >= 0.3 is 0 Å². The largest absolute Gasteiger partial charge is 0.324 e. The Labute approximate surface area is 210 Å². The van der Waals surface area contributed by atoms with E-state index in [-0.39, 0.29) is 17.0 Å². The van der Waals surface area contributed by atoms with E-state index in [9.17, 15) is 4.79 Å². The topological polar surface area (TPSA) is 94.0 Å².